The van der Waals surface area contributed by atoms with Crippen molar-refractivity contribution in [3.8, 4) is 11.1 Å². The first-order valence-corrected chi connectivity index (χ1v) is 8.08. The summed E-state index contributed by atoms with van der Waals surface area (Å²) in [6, 6.07) is 8.32. The van der Waals surface area contributed by atoms with E-state index in [0.717, 1.165) is 16.9 Å². The molecule has 0 bridgehead atoms. The van der Waals surface area contributed by atoms with E-state index in [9.17, 15) is 14.3 Å². The third-order valence-corrected chi connectivity index (χ3v) is 4.39. The second kappa shape index (κ2) is 6.14. The number of pyridine rings is 1. The Morgan fingerprint density at radius 1 is 1.27 bits per heavy atom. The molecule has 1 aromatic carbocycles. The molecule has 4 rings (SSSR count). The predicted octanol–water partition coefficient (Wildman–Crippen LogP) is 3.41. The van der Waals surface area contributed by atoms with Crippen LogP contribution in [0.2, 0.25) is 0 Å². The van der Waals surface area contributed by atoms with Gasteiger partial charge in [-0.05, 0) is 47.4 Å². The van der Waals surface area contributed by atoms with Gasteiger partial charge in [-0.25, -0.2) is 19.1 Å². The van der Waals surface area contributed by atoms with Crippen LogP contribution in [0.5, 0.6) is 0 Å². The van der Waals surface area contributed by atoms with E-state index in [1.807, 2.05) is 6.07 Å². The minimum atomic E-state index is -1.18. The smallest absolute Gasteiger partial charge is 0.418 e. The van der Waals surface area contributed by atoms with Gasteiger partial charge in [-0.1, -0.05) is 0 Å². The van der Waals surface area contributed by atoms with Crippen molar-refractivity contribution in [2.75, 3.05) is 16.8 Å². The molecule has 3 heterocycles. The van der Waals surface area contributed by atoms with E-state index in [-0.39, 0.29) is 11.6 Å². The van der Waals surface area contributed by atoms with Gasteiger partial charge in [0.25, 0.3) is 0 Å². The summed E-state index contributed by atoms with van der Waals surface area (Å²) >= 11 is 0. The average molecular weight is 353 g/mol. The molecular formula is C18H16FN5O2. The number of amides is 1. The van der Waals surface area contributed by atoms with Gasteiger partial charge in [0.15, 0.2) is 0 Å². The van der Waals surface area contributed by atoms with Crippen molar-refractivity contribution >= 4 is 23.4 Å². The van der Waals surface area contributed by atoms with Crippen LogP contribution in [0.4, 0.5) is 26.5 Å². The number of fused-ring (bicyclic) bond motifs is 1. The Hall–Kier alpha value is -3.42. The average Bonchev–Trinajstić information content (AvgIpc) is 3.25. The fourth-order valence-electron chi connectivity index (χ4n) is 3.17. The zero-order chi connectivity index (χ0) is 18.3. The first-order valence-electron chi connectivity index (χ1n) is 8.08. The zero-order valence-corrected chi connectivity index (χ0v) is 14.0. The van der Waals surface area contributed by atoms with E-state index in [0.29, 0.717) is 29.2 Å². The van der Waals surface area contributed by atoms with Gasteiger partial charge in [0.05, 0.1) is 11.9 Å². The molecular weight excluding hydrogens is 337 g/mol. The molecule has 1 aliphatic heterocycles. The maximum atomic E-state index is 14.3. The van der Waals surface area contributed by atoms with Gasteiger partial charge in [-0.3, -0.25) is 4.68 Å². The van der Waals surface area contributed by atoms with E-state index in [1.165, 1.54) is 23.1 Å². The van der Waals surface area contributed by atoms with Gasteiger partial charge in [0, 0.05) is 25.9 Å². The highest BCUT2D eigenvalue weighted by Gasteiger charge is 2.22. The molecule has 1 amide bonds. The Kier molecular flexibility index (Phi) is 3.80. The lowest BCUT2D eigenvalue weighted by molar-refractivity contribution is 0.204. The molecule has 0 saturated heterocycles. The lowest BCUT2D eigenvalue weighted by Crippen LogP contribution is -2.26. The summed E-state index contributed by atoms with van der Waals surface area (Å²) in [5.41, 5.74) is 2.84. The molecule has 0 unspecified atom stereocenters. The quantitative estimate of drug-likeness (QED) is 0.754. The highest BCUT2D eigenvalue weighted by atomic mass is 19.1. The molecule has 0 atom stereocenters. The fraction of sp³-hybridized carbons (Fsp3) is 0.167. The third-order valence-electron chi connectivity index (χ3n) is 4.39. The van der Waals surface area contributed by atoms with Crippen LogP contribution in [0.15, 0.2) is 42.7 Å². The van der Waals surface area contributed by atoms with Crippen LogP contribution in [0.1, 0.15) is 5.56 Å². The summed E-state index contributed by atoms with van der Waals surface area (Å²) in [7, 11) is 1.65. The van der Waals surface area contributed by atoms with Crippen LogP contribution in [-0.2, 0) is 13.5 Å². The summed E-state index contributed by atoms with van der Waals surface area (Å²) in [5.74, 6) is 0.277. The van der Waals surface area contributed by atoms with Gasteiger partial charge in [-0.2, -0.15) is 5.10 Å². The molecule has 0 aliphatic carbocycles. The van der Waals surface area contributed by atoms with Crippen LogP contribution < -0.4 is 10.2 Å². The number of benzene rings is 1. The molecule has 0 fully saturated rings. The topological polar surface area (TPSA) is 83.3 Å². The molecule has 0 spiro atoms. The van der Waals surface area contributed by atoms with E-state index < -0.39 is 6.09 Å². The molecule has 0 radical (unpaired) electrons. The van der Waals surface area contributed by atoms with Crippen LogP contribution in [0.25, 0.3) is 11.1 Å². The number of nitrogens with one attached hydrogen (secondary N) is 1. The first-order chi connectivity index (χ1) is 12.5. The molecule has 8 heteroatoms. The van der Waals surface area contributed by atoms with Gasteiger partial charge >= 0.3 is 6.09 Å². The number of carboxylic acid groups (broad SMARTS) is 1. The largest absolute Gasteiger partial charge is 0.464 e. The van der Waals surface area contributed by atoms with Gasteiger partial charge < -0.3 is 10.4 Å². The Morgan fingerprint density at radius 2 is 2.12 bits per heavy atom. The highest BCUT2D eigenvalue weighted by molar-refractivity contribution is 5.93. The Balaban J connectivity index is 1.79. The second-order valence-corrected chi connectivity index (χ2v) is 6.00. The Bertz CT molecular complexity index is 1000. The number of hydrogen-bond donors (Lipinski definition) is 2. The SMILES string of the molecule is Cn1nccc1N(C(=O)O)c1cc(-c2cc(F)c3c(c2)CCN3)ccn1. The van der Waals surface area contributed by atoms with Crippen molar-refractivity contribution in [1.29, 1.82) is 0 Å². The number of aryl methyl sites for hydroxylation is 1. The molecule has 7 nitrogen and oxygen atoms in total. The van der Waals surface area contributed by atoms with Crippen molar-refractivity contribution in [3.63, 3.8) is 0 Å². The molecule has 1 aliphatic rings. The third kappa shape index (κ3) is 2.65. The molecule has 2 N–H and O–H groups in total. The molecule has 132 valence electrons. The van der Waals surface area contributed by atoms with Crippen LogP contribution in [-0.4, -0.2) is 32.5 Å². The van der Waals surface area contributed by atoms with Crippen molar-refractivity contribution in [1.82, 2.24) is 14.8 Å². The van der Waals surface area contributed by atoms with E-state index in [1.54, 1.807) is 25.2 Å². The molecule has 26 heavy (non-hydrogen) atoms. The van der Waals surface area contributed by atoms with E-state index in [4.69, 9.17) is 0 Å². The summed E-state index contributed by atoms with van der Waals surface area (Å²) in [6.07, 6.45) is 2.61. The van der Waals surface area contributed by atoms with Crippen molar-refractivity contribution < 1.29 is 14.3 Å². The van der Waals surface area contributed by atoms with Crippen molar-refractivity contribution in [3.05, 3.63) is 54.1 Å². The van der Waals surface area contributed by atoms with Crippen LogP contribution in [0.3, 0.4) is 0 Å². The molecule has 3 aromatic rings. The number of carbonyl (C=O) groups is 1. The minimum Gasteiger partial charge on any atom is -0.464 e. The van der Waals surface area contributed by atoms with Gasteiger partial charge in [0.2, 0.25) is 0 Å². The van der Waals surface area contributed by atoms with E-state index >= 15 is 0 Å². The zero-order valence-electron chi connectivity index (χ0n) is 14.0. The Morgan fingerprint density at radius 3 is 2.85 bits per heavy atom. The second-order valence-electron chi connectivity index (χ2n) is 6.00. The summed E-state index contributed by atoms with van der Waals surface area (Å²) in [4.78, 5) is 17.0. The normalized spacial score (nSPS) is 12.5. The number of nitrogens with zero attached hydrogens (tertiary/aromatic N) is 4. The highest BCUT2D eigenvalue weighted by Crippen LogP contribution is 2.33. The summed E-state index contributed by atoms with van der Waals surface area (Å²) in [6.45, 7) is 0.713. The molecule has 0 saturated carbocycles. The standard InChI is InChI=1S/C18H16FN5O2/c1-23-16(4-7-22-23)24(18(25)26)15-10-11(2-5-20-15)13-8-12-3-6-21-17(12)14(19)9-13/h2,4-5,7-10,21H,3,6H2,1H3,(H,25,26). The maximum absolute atomic E-state index is 14.3. The van der Waals surface area contributed by atoms with Gasteiger partial charge in [0.1, 0.15) is 17.5 Å². The maximum Gasteiger partial charge on any atom is 0.418 e. The van der Waals surface area contributed by atoms with Crippen molar-refractivity contribution in [2.45, 2.75) is 6.42 Å². The number of halogens is 1. The number of anilines is 3. The number of hydrogen-bond acceptors (Lipinski definition) is 4. The Labute approximate surface area is 148 Å². The lowest BCUT2D eigenvalue weighted by Gasteiger charge is -2.18. The fourth-order valence-corrected chi connectivity index (χ4v) is 3.17. The van der Waals surface area contributed by atoms with E-state index in [2.05, 4.69) is 15.4 Å². The monoisotopic (exact) mass is 353 g/mol. The summed E-state index contributed by atoms with van der Waals surface area (Å²) in [5, 5.41) is 16.7. The number of rotatable bonds is 3. The summed E-state index contributed by atoms with van der Waals surface area (Å²) < 4.78 is 15.8. The number of aromatic nitrogens is 3. The minimum absolute atomic E-state index is 0.220. The first kappa shape index (κ1) is 16.1. The van der Waals surface area contributed by atoms with Crippen molar-refractivity contribution in [2.24, 2.45) is 7.05 Å². The van der Waals surface area contributed by atoms with Crippen LogP contribution >= 0.6 is 0 Å². The van der Waals surface area contributed by atoms with Crippen LogP contribution in [0, 0.1) is 5.82 Å². The predicted molar refractivity (Wildman–Crippen MR) is 95.2 cm³/mol. The molecule has 2 aromatic heterocycles. The van der Waals surface area contributed by atoms with Gasteiger partial charge in [-0.15, -0.1) is 0 Å². The lowest BCUT2D eigenvalue weighted by atomic mass is 10.0.